The Bertz CT molecular complexity index is 660. The number of nitrogens with zero attached hydrogens (tertiary/aromatic N) is 3. The quantitative estimate of drug-likeness (QED) is 0.933. The van der Waals surface area contributed by atoms with Gasteiger partial charge in [0.05, 0.1) is 18.8 Å². The van der Waals surface area contributed by atoms with Crippen molar-refractivity contribution in [2.45, 2.75) is 13.5 Å². The third kappa shape index (κ3) is 3.10. The summed E-state index contributed by atoms with van der Waals surface area (Å²) in [7, 11) is 0. The van der Waals surface area contributed by atoms with E-state index in [1.165, 1.54) is 0 Å². The SMILES string of the molecule is Cc1nccc(CNc2cccc(N3CCOC3=O)c2)n1. The Morgan fingerprint density at radius 2 is 2.29 bits per heavy atom. The van der Waals surface area contributed by atoms with Crippen LogP contribution in [0.2, 0.25) is 0 Å². The zero-order chi connectivity index (χ0) is 14.7. The Morgan fingerprint density at radius 3 is 3.05 bits per heavy atom. The van der Waals surface area contributed by atoms with Gasteiger partial charge >= 0.3 is 6.09 Å². The molecule has 0 spiro atoms. The Morgan fingerprint density at radius 1 is 1.38 bits per heavy atom. The molecule has 1 aliphatic rings. The Kier molecular flexibility index (Phi) is 3.68. The summed E-state index contributed by atoms with van der Waals surface area (Å²) in [6.07, 6.45) is 1.45. The van der Waals surface area contributed by atoms with Crippen molar-refractivity contribution in [3.63, 3.8) is 0 Å². The van der Waals surface area contributed by atoms with Crippen LogP contribution in [0.25, 0.3) is 0 Å². The summed E-state index contributed by atoms with van der Waals surface area (Å²) in [6, 6.07) is 9.57. The molecular weight excluding hydrogens is 268 g/mol. The minimum absolute atomic E-state index is 0.293. The van der Waals surface area contributed by atoms with Crippen LogP contribution in [0, 0.1) is 6.92 Å². The minimum Gasteiger partial charge on any atom is -0.447 e. The molecule has 2 aromatic rings. The van der Waals surface area contributed by atoms with Crippen molar-refractivity contribution in [3.05, 3.63) is 48.0 Å². The monoisotopic (exact) mass is 284 g/mol. The first kappa shape index (κ1) is 13.4. The third-order valence-electron chi connectivity index (χ3n) is 3.23. The molecule has 21 heavy (non-hydrogen) atoms. The van der Waals surface area contributed by atoms with Crippen LogP contribution in [0.15, 0.2) is 36.5 Å². The molecular formula is C15H16N4O2. The Labute approximate surface area is 122 Å². The summed E-state index contributed by atoms with van der Waals surface area (Å²) in [6.45, 7) is 3.50. The van der Waals surface area contributed by atoms with Gasteiger partial charge in [0.2, 0.25) is 0 Å². The summed E-state index contributed by atoms with van der Waals surface area (Å²) in [5.41, 5.74) is 2.69. The molecule has 0 unspecified atom stereocenters. The predicted octanol–water partition coefficient (Wildman–Crippen LogP) is 2.35. The number of carbonyl (C=O) groups excluding carboxylic acids is 1. The molecule has 0 atom stereocenters. The number of aromatic nitrogens is 2. The van der Waals surface area contributed by atoms with Crippen molar-refractivity contribution in [2.24, 2.45) is 0 Å². The second-order valence-electron chi connectivity index (χ2n) is 4.77. The molecule has 1 fully saturated rings. The molecule has 1 aliphatic heterocycles. The van der Waals surface area contributed by atoms with E-state index in [1.807, 2.05) is 37.3 Å². The molecule has 108 valence electrons. The normalized spacial score (nSPS) is 14.1. The van der Waals surface area contributed by atoms with Crippen LogP contribution >= 0.6 is 0 Å². The maximum atomic E-state index is 11.6. The van der Waals surface area contributed by atoms with Gasteiger partial charge in [-0.15, -0.1) is 0 Å². The number of ether oxygens (including phenoxy) is 1. The van der Waals surface area contributed by atoms with E-state index in [0.29, 0.717) is 19.7 Å². The van der Waals surface area contributed by atoms with Crippen molar-refractivity contribution >= 4 is 17.5 Å². The van der Waals surface area contributed by atoms with Crippen molar-refractivity contribution in [3.8, 4) is 0 Å². The van der Waals surface area contributed by atoms with Crippen LogP contribution in [0.4, 0.5) is 16.2 Å². The summed E-state index contributed by atoms with van der Waals surface area (Å²) < 4.78 is 4.95. The Hall–Kier alpha value is -2.63. The molecule has 1 N–H and O–H groups in total. The second-order valence-corrected chi connectivity index (χ2v) is 4.77. The lowest BCUT2D eigenvalue weighted by molar-refractivity contribution is 0.181. The molecule has 1 saturated heterocycles. The van der Waals surface area contributed by atoms with Gasteiger partial charge in [-0.25, -0.2) is 14.8 Å². The fourth-order valence-corrected chi connectivity index (χ4v) is 2.21. The number of cyclic esters (lactones) is 1. The van der Waals surface area contributed by atoms with Crippen molar-refractivity contribution < 1.29 is 9.53 Å². The van der Waals surface area contributed by atoms with E-state index in [9.17, 15) is 4.79 Å². The highest BCUT2D eigenvalue weighted by atomic mass is 16.6. The number of nitrogens with one attached hydrogen (secondary N) is 1. The number of amides is 1. The fraction of sp³-hybridized carbons (Fsp3) is 0.267. The van der Waals surface area contributed by atoms with Gasteiger partial charge in [0.1, 0.15) is 12.4 Å². The maximum Gasteiger partial charge on any atom is 0.414 e. The van der Waals surface area contributed by atoms with E-state index in [4.69, 9.17) is 4.74 Å². The number of carbonyl (C=O) groups is 1. The van der Waals surface area contributed by atoms with Crippen LogP contribution in [0.5, 0.6) is 0 Å². The van der Waals surface area contributed by atoms with Crippen LogP contribution in [-0.2, 0) is 11.3 Å². The zero-order valence-electron chi connectivity index (χ0n) is 11.7. The average Bonchev–Trinajstić information content (AvgIpc) is 2.92. The highest BCUT2D eigenvalue weighted by Gasteiger charge is 2.23. The van der Waals surface area contributed by atoms with Crippen LogP contribution in [-0.4, -0.2) is 29.2 Å². The second kappa shape index (κ2) is 5.78. The number of benzene rings is 1. The third-order valence-corrected chi connectivity index (χ3v) is 3.23. The molecule has 1 aromatic heterocycles. The van der Waals surface area contributed by atoms with Crippen LogP contribution < -0.4 is 10.2 Å². The standard InChI is InChI=1S/C15H16N4O2/c1-11-16-6-5-13(18-11)10-17-12-3-2-4-14(9-12)19-7-8-21-15(19)20/h2-6,9,17H,7-8,10H2,1H3. The number of hydrogen-bond acceptors (Lipinski definition) is 5. The van der Waals surface area contributed by atoms with Gasteiger partial charge in [0, 0.05) is 17.6 Å². The van der Waals surface area contributed by atoms with Crippen molar-refractivity contribution in [1.29, 1.82) is 0 Å². The first-order chi connectivity index (χ1) is 10.2. The average molecular weight is 284 g/mol. The maximum absolute atomic E-state index is 11.6. The van der Waals surface area contributed by atoms with Crippen molar-refractivity contribution in [2.75, 3.05) is 23.4 Å². The molecule has 2 heterocycles. The number of anilines is 2. The summed E-state index contributed by atoms with van der Waals surface area (Å²) >= 11 is 0. The number of hydrogen-bond donors (Lipinski definition) is 1. The van der Waals surface area contributed by atoms with E-state index in [2.05, 4.69) is 15.3 Å². The first-order valence-electron chi connectivity index (χ1n) is 6.79. The fourth-order valence-electron chi connectivity index (χ4n) is 2.21. The smallest absolute Gasteiger partial charge is 0.414 e. The molecule has 0 bridgehead atoms. The molecule has 6 nitrogen and oxygen atoms in total. The van der Waals surface area contributed by atoms with Gasteiger partial charge in [-0.3, -0.25) is 4.90 Å². The minimum atomic E-state index is -0.293. The van der Waals surface area contributed by atoms with Crippen LogP contribution in [0.3, 0.4) is 0 Å². The Balaban J connectivity index is 1.70. The largest absolute Gasteiger partial charge is 0.447 e. The topological polar surface area (TPSA) is 67.3 Å². The highest BCUT2D eigenvalue weighted by Crippen LogP contribution is 2.22. The lowest BCUT2D eigenvalue weighted by atomic mass is 10.2. The summed E-state index contributed by atoms with van der Waals surface area (Å²) in [5, 5.41) is 3.30. The van der Waals surface area contributed by atoms with Crippen LogP contribution in [0.1, 0.15) is 11.5 Å². The van der Waals surface area contributed by atoms with Gasteiger partial charge in [0.15, 0.2) is 0 Å². The van der Waals surface area contributed by atoms with Gasteiger partial charge < -0.3 is 10.1 Å². The summed E-state index contributed by atoms with van der Waals surface area (Å²) in [4.78, 5) is 21.6. The highest BCUT2D eigenvalue weighted by molar-refractivity contribution is 5.89. The molecule has 0 radical (unpaired) electrons. The lowest BCUT2D eigenvalue weighted by Crippen LogP contribution is -2.23. The predicted molar refractivity (Wildman–Crippen MR) is 79.2 cm³/mol. The molecule has 0 saturated carbocycles. The lowest BCUT2D eigenvalue weighted by Gasteiger charge is -2.14. The number of rotatable bonds is 4. The van der Waals surface area contributed by atoms with Gasteiger partial charge in [-0.1, -0.05) is 6.07 Å². The van der Waals surface area contributed by atoms with E-state index in [1.54, 1.807) is 11.1 Å². The van der Waals surface area contributed by atoms with Crippen molar-refractivity contribution in [1.82, 2.24) is 9.97 Å². The summed E-state index contributed by atoms with van der Waals surface area (Å²) in [5.74, 6) is 0.753. The molecule has 6 heteroatoms. The molecule has 1 aromatic carbocycles. The van der Waals surface area contributed by atoms with E-state index >= 15 is 0 Å². The van der Waals surface area contributed by atoms with Gasteiger partial charge in [-0.05, 0) is 31.2 Å². The van der Waals surface area contributed by atoms with Gasteiger partial charge in [-0.2, -0.15) is 0 Å². The molecule has 3 rings (SSSR count). The first-order valence-corrected chi connectivity index (χ1v) is 6.79. The zero-order valence-corrected chi connectivity index (χ0v) is 11.7. The number of aryl methyl sites for hydroxylation is 1. The van der Waals surface area contributed by atoms with E-state index in [0.717, 1.165) is 22.9 Å². The van der Waals surface area contributed by atoms with E-state index < -0.39 is 0 Å². The van der Waals surface area contributed by atoms with Gasteiger partial charge in [0.25, 0.3) is 0 Å². The molecule has 0 aliphatic carbocycles. The van der Waals surface area contributed by atoms with E-state index in [-0.39, 0.29) is 6.09 Å². The molecule has 1 amide bonds.